The van der Waals surface area contributed by atoms with Crippen molar-refractivity contribution < 1.29 is 0 Å². The van der Waals surface area contributed by atoms with Crippen LogP contribution in [-0.4, -0.2) is 15.0 Å². The molecular weight excluding hydrogens is 679 g/mol. The summed E-state index contributed by atoms with van der Waals surface area (Å²) in [5, 5.41) is 7.58. The highest BCUT2D eigenvalue weighted by Gasteiger charge is 2.22. The van der Waals surface area contributed by atoms with Crippen LogP contribution in [0, 0.1) is 0 Å². The SMILES string of the molecule is c1ccc(-c2c3ccccc3cc3c2ccc2c(-c4ccc(-c5nc(-c6cccc7c6CCCC7)nc(-c6cccc7c6CCCC7)n5)cc4)cccc23)cc1. The summed E-state index contributed by atoms with van der Waals surface area (Å²) in [5.41, 5.74) is 13.9. The molecule has 0 unspecified atom stereocenters. The zero-order valence-corrected chi connectivity index (χ0v) is 31.4. The van der Waals surface area contributed by atoms with E-state index in [0.717, 1.165) is 59.8 Å². The standard InChI is InChI=1S/C53H41N3/c1-2-15-37(16-3-1)50-43-22-9-6-17-39(43)33-49-44-24-12-23-40(45(44)31-32-46(49)50)36-27-29-38(30-28-36)51-54-52(47-25-10-18-34-13-4-7-20-41(34)47)56-53(55-51)48-26-11-19-35-14-5-8-21-42(35)48/h1-3,6,9-12,15-19,22-33H,4-5,7-8,13-14,20-21H2. The van der Waals surface area contributed by atoms with Gasteiger partial charge in [0.2, 0.25) is 0 Å². The third kappa shape index (κ3) is 5.61. The molecule has 3 nitrogen and oxygen atoms in total. The summed E-state index contributed by atoms with van der Waals surface area (Å²) >= 11 is 0. The Bertz CT molecular complexity index is 2880. The Hall–Kier alpha value is -6.45. The minimum absolute atomic E-state index is 0.725. The van der Waals surface area contributed by atoms with Gasteiger partial charge in [0.25, 0.3) is 0 Å². The zero-order chi connectivity index (χ0) is 37.0. The quantitative estimate of drug-likeness (QED) is 0.131. The van der Waals surface area contributed by atoms with Crippen molar-refractivity contribution in [2.24, 2.45) is 0 Å². The van der Waals surface area contributed by atoms with Crippen molar-refractivity contribution >= 4 is 32.3 Å². The van der Waals surface area contributed by atoms with E-state index in [0.29, 0.717) is 0 Å². The van der Waals surface area contributed by atoms with Gasteiger partial charge in [-0.3, -0.25) is 0 Å². The fourth-order valence-corrected chi connectivity index (χ4v) is 9.60. The Kier molecular flexibility index (Phi) is 8.05. The molecule has 2 aliphatic carbocycles. The second-order valence-corrected chi connectivity index (χ2v) is 15.6. The summed E-state index contributed by atoms with van der Waals surface area (Å²) in [6.07, 6.45) is 9.28. The molecule has 1 aromatic heterocycles. The molecule has 0 N–H and O–H groups in total. The first-order valence-electron chi connectivity index (χ1n) is 20.3. The topological polar surface area (TPSA) is 38.7 Å². The van der Waals surface area contributed by atoms with E-state index in [9.17, 15) is 0 Å². The summed E-state index contributed by atoms with van der Waals surface area (Å²) < 4.78 is 0. The third-order valence-electron chi connectivity index (χ3n) is 12.3. The van der Waals surface area contributed by atoms with Crippen LogP contribution in [-0.2, 0) is 25.7 Å². The summed E-state index contributed by atoms with van der Waals surface area (Å²) in [4.78, 5) is 15.7. The summed E-state index contributed by atoms with van der Waals surface area (Å²) in [7, 11) is 0. The monoisotopic (exact) mass is 719 g/mol. The summed E-state index contributed by atoms with van der Waals surface area (Å²) in [6.45, 7) is 0. The molecule has 0 atom stereocenters. The molecule has 8 aromatic carbocycles. The number of aryl methyl sites for hydroxylation is 2. The number of benzene rings is 8. The van der Waals surface area contributed by atoms with Gasteiger partial charge in [-0.25, -0.2) is 15.0 Å². The number of hydrogen-bond donors (Lipinski definition) is 0. The molecule has 9 aromatic rings. The molecule has 0 aliphatic heterocycles. The lowest BCUT2D eigenvalue weighted by Gasteiger charge is -2.21. The fraction of sp³-hybridized carbons (Fsp3) is 0.151. The van der Waals surface area contributed by atoms with E-state index >= 15 is 0 Å². The molecule has 56 heavy (non-hydrogen) atoms. The van der Waals surface area contributed by atoms with Crippen molar-refractivity contribution in [3.63, 3.8) is 0 Å². The first-order valence-corrected chi connectivity index (χ1v) is 20.3. The van der Waals surface area contributed by atoms with Crippen LogP contribution in [0.3, 0.4) is 0 Å². The molecule has 0 saturated carbocycles. The van der Waals surface area contributed by atoms with Crippen LogP contribution in [0.2, 0.25) is 0 Å². The van der Waals surface area contributed by atoms with Gasteiger partial charge in [0, 0.05) is 16.7 Å². The predicted molar refractivity (Wildman–Crippen MR) is 233 cm³/mol. The molecule has 0 bridgehead atoms. The molecular formula is C53H41N3. The number of hydrogen-bond acceptors (Lipinski definition) is 3. The molecule has 3 heteroatoms. The van der Waals surface area contributed by atoms with Crippen LogP contribution in [0.15, 0.2) is 152 Å². The van der Waals surface area contributed by atoms with Crippen LogP contribution in [0.4, 0.5) is 0 Å². The van der Waals surface area contributed by atoms with Crippen LogP contribution in [0.1, 0.15) is 47.9 Å². The molecule has 268 valence electrons. The van der Waals surface area contributed by atoms with Gasteiger partial charge in [-0.2, -0.15) is 0 Å². The van der Waals surface area contributed by atoms with E-state index < -0.39 is 0 Å². The van der Waals surface area contributed by atoms with E-state index in [2.05, 4.69) is 152 Å². The average molecular weight is 720 g/mol. The van der Waals surface area contributed by atoms with Crippen molar-refractivity contribution in [1.29, 1.82) is 0 Å². The average Bonchev–Trinajstić information content (AvgIpc) is 3.27. The Labute approximate surface area is 327 Å². The normalized spacial score (nSPS) is 13.9. The summed E-state index contributed by atoms with van der Waals surface area (Å²) in [6, 6.07) is 55.5. The van der Waals surface area contributed by atoms with Crippen molar-refractivity contribution in [3.05, 3.63) is 174 Å². The molecule has 2 aliphatic rings. The van der Waals surface area contributed by atoms with E-state index in [1.807, 2.05) is 0 Å². The van der Waals surface area contributed by atoms with Gasteiger partial charge in [-0.05, 0) is 134 Å². The number of rotatable bonds is 5. The van der Waals surface area contributed by atoms with Crippen molar-refractivity contribution in [3.8, 4) is 56.4 Å². The lowest BCUT2D eigenvalue weighted by Crippen LogP contribution is -2.09. The first-order chi connectivity index (χ1) is 27.8. The lowest BCUT2D eigenvalue weighted by molar-refractivity contribution is 0.685. The Balaban J connectivity index is 1.04. The van der Waals surface area contributed by atoms with Gasteiger partial charge in [0.1, 0.15) is 0 Å². The lowest BCUT2D eigenvalue weighted by atomic mass is 9.87. The van der Waals surface area contributed by atoms with E-state index in [1.54, 1.807) is 0 Å². The molecule has 0 amide bonds. The summed E-state index contributed by atoms with van der Waals surface area (Å²) in [5.74, 6) is 2.29. The van der Waals surface area contributed by atoms with Crippen LogP contribution in [0.25, 0.3) is 88.7 Å². The van der Waals surface area contributed by atoms with Gasteiger partial charge < -0.3 is 0 Å². The molecule has 0 fully saturated rings. The second-order valence-electron chi connectivity index (χ2n) is 15.6. The highest BCUT2D eigenvalue weighted by molar-refractivity contribution is 6.21. The second kappa shape index (κ2) is 13.7. The Morgan fingerprint density at radius 2 is 0.875 bits per heavy atom. The highest BCUT2D eigenvalue weighted by atomic mass is 15.0. The minimum atomic E-state index is 0.725. The maximum Gasteiger partial charge on any atom is 0.164 e. The maximum absolute atomic E-state index is 5.26. The Morgan fingerprint density at radius 1 is 0.321 bits per heavy atom. The van der Waals surface area contributed by atoms with E-state index in [1.165, 1.54) is 103 Å². The van der Waals surface area contributed by atoms with Gasteiger partial charge in [-0.1, -0.05) is 146 Å². The van der Waals surface area contributed by atoms with Gasteiger partial charge in [0.15, 0.2) is 17.5 Å². The van der Waals surface area contributed by atoms with Crippen molar-refractivity contribution in [2.75, 3.05) is 0 Å². The zero-order valence-electron chi connectivity index (χ0n) is 31.4. The number of nitrogens with zero attached hydrogens (tertiary/aromatic N) is 3. The molecule has 11 rings (SSSR count). The van der Waals surface area contributed by atoms with Crippen LogP contribution < -0.4 is 0 Å². The Morgan fingerprint density at radius 3 is 1.59 bits per heavy atom. The molecule has 0 radical (unpaired) electrons. The van der Waals surface area contributed by atoms with Crippen LogP contribution >= 0.6 is 0 Å². The van der Waals surface area contributed by atoms with Gasteiger partial charge in [0.05, 0.1) is 0 Å². The van der Waals surface area contributed by atoms with E-state index in [4.69, 9.17) is 15.0 Å². The largest absolute Gasteiger partial charge is 0.208 e. The molecule has 0 spiro atoms. The number of fused-ring (bicyclic) bond motifs is 6. The predicted octanol–water partition coefficient (Wildman–Crippen LogP) is 13.4. The maximum atomic E-state index is 5.26. The molecule has 1 heterocycles. The highest BCUT2D eigenvalue weighted by Crippen LogP contribution is 2.42. The van der Waals surface area contributed by atoms with Gasteiger partial charge >= 0.3 is 0 Å². The smallest absolute Gasteiger partial charge is 0.164 e. The van der Waals surface area contributed by atoms with Gasteiger partial charge in [-0.15, -0.1) is 0 Å². The number of aromatic nitrogens is 3. The first kappa shape index (κ1) is 32.9. The third-order valence-corrected chi connectivity index (χ3v) is 12.3. The van der Waals surface area contributed by atoms with E-state index in [-0.39, 0.29) is 0 Å². The van der Waals surface area contributed by atoms with Crippen LogP contribution in [0.5, 0.6) is 0 Å². The van der Waals surface area contributed by atoms with Crippen molar-refractivity contribution in [1.82, 2.24) is 15.0 Å². The fourth-order valence-electron chi connectivity index (χ4n) is 9.60. The molecule has 0 saturated heterocycles. The van der Waals surface area contributed by atoms with Crippen molar-refractivity contribution in [2.45, 2.75) is 51.4 Å². The minimum Gasteiger partial charge on any atom is -0.208 e.